The van der Waals surface area contributed by atoms with Crippen molar-refractivity contribution in [1.82, 2.24) is 5.16 Å². The van der Waals surface area contributed by atoms with E-state index in [0.29, 0.717) is 17.9 Å². The minimum absolute atomic E-state index is 0.0873. The van der Waals surface area contributed by atoms with E-state index in [4.69, 9.17) is 20.9 Å². The lowest BCUT2D eigenvalue weighted by Gasteiger charge is -2.04. The molecule has 100 valence electrons. The van der Waals surface area contributed by atoms with Crippen LogP contribution in [0.4, 0.5) is 0 Å². The molecule has 1 aromatic carbocycles. The van der Waals surface area contributed by atoms with Crippen molar-refractivity contribution < 1.29 is 18.8 Å². The number of ether oxygens (including phenoxy) is 2. The van der Waals surface area contributed by atoms with Crippen LogP contribution in [0.15, 0.2) is 28.8 Å². The first kappa shape index (κ1) is 13.4. The first-order valence-electron chi connectivity index (χ1n) is 5.64. The van der Waals surface area contributed by atoms with Gasteiger partial charge in [0, 0.05) is 5.56 Å². The first-order valence-corrected chi connectivity index (χ1v) is 6.02. The summed E-state index contributed by atoms with van der Waals surface area (Å²) in [6.07, 6.45) is 0. The molecule has 0 saturated heterocycles. The maximum absolute atomic E-state index is 11.6. The van der Waals surface area contributed by atoms with Crippen molar-refractivity contribution in [1.29, 1.82) is 0 Å². The highest BCUT2D eigenvalue weighted by Gasteiger charge is 2.23. The lowest BCUT2D eigenvalue weighted by atomic mass is 10.1. The van der Waals surface area contributed by atoms with Gasteiger partial charge < -0.3 is 14.0 Å². The van der Waals surface area contributed by atoms with Gasteiger partial charge >= 0.3 is 5.97 Å². The fourth-order valence-corrected chi connectivity index (χ4v) is 1.82. The molecule has 0 saturated carbocycles. The molecule has 1 heterocycles. The predicted octanol–water partition coefficient (Wildman–Crippen LogP) is 3.18. The maximum Gasteiger partial charge on any atom is 0.345 e. The molecule has 2 rings (SSSR count). The standard InChI is InChI=1S/C13H12ClNO4/c1-3-18-9-6-4-8(5-7-9)11-10(13(16)17-2)12(14)19-15-11/h4-7H,3H2,1-2H3. The number of rotatable bonds is 4. The molecule has 0 aliphatic heterocycles. The summed E-state index contributed by atoms with van der Waals surface area (Å²) in [5.41, 5.74) is 1.16. The van der Waals surface area contributed by atoms with Crippen LogP contribution in [0.25, 0.3) is 11.3 Å². The molecule has 0 aliphatic carbocycles. The maximum atomic E-state index is 11.6. The van der Waals surface area contributed by atoms with Crippen molar-refractivity contribution in [3.8, 4) is 17.0 Å². The Bertz CT molecular complexity index is 577. The molecule has 0 bridgehead atoms. The lowest BCUT2D eigenvalue weighted by molar-refractivity contribution is 0.0601. The highest BCUT2D eigenvalue weighted by Crippen LogP contribution is 2.30. The molecule has 0 radical (unpaired) electrons. The highest BCUT2D eigenvalue weighted by molar-refractivity contribution is 6.32. The Balaban J connectivity index is 2.39. The van der Waals surface area contributed by atoms with E-state index in [1.165, 1.54) is 7.11 Å². The van der Waals surface area contributed by atoms with Crippen LogP contribution in [0, 0.1) is 0 Å². The third-order valence-corrected chi connectivity index (χ3v) is 2.74. The lowest BCUT2D eigenvalue weighted by Crippen LogP contribution is -2.02. The van der Waals surface area contributed by atoms with Gasteiger partial charge in [0.15, 0.2) is 0 Å². The Morgan fingerprint density at radius 3 is 2.63 bits per heavy atom. The van der Waals surface area contributed by atoms with Gasteiger partial charge in [0.2, 0.25) is 5.22 Å². The Morgan fingerprint density at radius 1 is 1.37 bits per heavy atom. The molecular formula is C13H12ClNO4. The van der Waals surface area contributed by atoms with Gasteiger partial charge in [-0.3, -0.25) is 0 Å². The van der Waals surface area contributed by atoms with E-state index in [2.05, 4.69) is 9.89 Å². The van der Waals surface area contributed by atoms with Gasteiger partial charge in [-0.1, -0.05) is 5.16 Å². The van der Waals surface area contributed by atoms with Gasteiger partial charge in [-0.05, 0) is 42.8 Å². The smallest absolute Gasteiger partial charge is 0.345 e. The van der Waals surface area contributed by atoms with Gasteiger partial charge in [0.25, 0.3) is 0 Å². The molecule has 0 fully saturated rings. The summed E-state index contributed by atoms with van der Waals surface area (Å²) in [7, 11) is 1.27. The molecule has 0 amide bonds. The summed E-state index contributed by atoms with van der Waals surface area (Å²) in [6, 6.07) is 7.10. The van der Waals surface area contributed by atoms with Crippen molar-refractivity contribution in [3.63, 3.8) is 0 Å². The van der Waals surface area contributed by atoms with E-state index in [1.807, 2.05) is 6.92 Å². The molecule has 5 nitrogen and oxygen atoms in total. The number of methoxy groups -OCH3 is 1. The number of carbonyl (C=O) groups is 1. The van der Waals surface area contributed by atoms with Crippen LogP contribution in [0.5, 0.6) is 5.75 Å². The number of carbonyl (C=O) groups excluding carboxylic acids is 1. The summed E-state index contributed by atoms with van der Waals surface area (Å²) in [4.78, 5) is 11.6. The fourth-order valence-electron chi connectivity index (χ4n) is 1.62. The van der Waals surface area contributed by atoms with Gasteiger partial charge in [-0.25, -0.2) is 4.79 Å². The van der Waals surface area contributed by atoms with E-state index in [-0.39, 0.29) is 10.8 Å². The summed E-state index contributed by atoms with van der Waals surface area (Å²) in [5.74, 6) is 0.149. The van der Waals surface area contributed by atoms with Gasteiger partial charge in [0.1, 0.15) is 17.0 Å². The van der Waals surface area contributed by atoms with Crippen LogP contribution in [0.3, 0.4) is 0 Å². The van der Waals surface area contributed by atoms with Crippen molar-refractivity contribution in [2.45, 2.75) is 6.92 Å². The molecule has 6 heteroatoms. The van der Waals surface area contributed by atoms with Crippen molar-refractivity contribution in [2.75, 3.05) is 13.7 Å². The third kappa shape index (κ3) is 2.71. The largest absolute Gasteiger partial charge is 0.494 e. The van der Waals surface area contributed by atoms with E-state index in [1.54, 1.807) is 24.3 Å². The second-order valence-corrected chi connectivity index (χ2v) is 3.97. The minimum Gasteiger partial charge on any atom is -0.494 e. The molecule has 0 spiro atoms. The molecule has 0 N–H and O–H groups in total. The zero-order valence-corrected chi connectivity index (χ0v) is 11.2. The molecular weight excluding hydrogens is 270 g/mol. The Hall–Kier alpha value is -2.01. The molecule has 2 aromatic rings. The van der Waals surface area contributed by atoms with Crippen LogP contribution >= 0.6 is 11.6 Å². The van der Waals surface area contributed by atoms with Crippen molar-refractivity contribution >= 4 is 17.6 Å². The predicted molar refractivity (Wildman–Crippen MR) is 69.5 cm³/mol. The average molecular weight is 282 g/mol. The first-order chi connectivity index (χ1) is 9.17. The fraction of sp³-hybridized carbons (Fsp3) is 0.231. The molecule has 0 unspecified atom stereocenters. The number of hydrogen-bond donors (Lipinski definition) is 0. The van der Waals surface area contributed by atoms with Crippen LogP contribution in [-0.2, 0) is 4.74 Å². The van der Waals surface area contributed by atoms with E-state index in [0.717, 1.165) is 5.75 Å². The zero-order chi connectivity index (χ0) is 13.8. The van der Waals surface area contributed by atoms with Gasteiger partial charge in [-0.15, -0.1) is 0 Å². The molecule has 1 aromatic heterocycles. The third-order valence-electron chi connectivity index (χ3n) is 2.48. The van der Waals surface area contributed by atoms with Gasteiger partial charge in [0.05, 0.1) is 13.7 Å². The van der Waals surface area contributed by atoms with E-state index < -0.39 is 5.97 Å². The minimum atomic E-state index is -0.588. The molecule has 0 atom stereocenters. The monoisotopic (exact) mass is 281 g/mol. The second kappa shape index (κ2) is 5.75. The summed E-state index contributed by atoms with van der Waals surface area (Å²) in [5, 5.41) is 3.69. The second-order valence-electron chi connectivity index (χ2n) is 3.63. The summed E-state index contributed by atoms with van der Waals surface area (Å²) in [6.45, 7) is 2.49. The van der Waals surface area contributed by atoms with E-state index in [9.17, 15) is 4.79 Å². The number of halogens is 1. The zero-order valence-electron chi connectivity index (χ0n) is 10.5. The number of hydrogen-bond acceptors (Lipinski definition) is 5. The molecule has 19 heavy (non-hydrogen) atoms. The number of esters is 1. The normalized spacial score (nSPS) is 10.3. The molecule has 0 aliphatic rings. The number of benzene rings is 1. The highest BCUT2D eigenvalue weighted by atomic mass is 35.5. The van der Waals surface area contributed by atoms with Crippen molar-refractivity contribution in [2.24, 2.45) is 0 Å². The van der Waals surface area contributed by atoms with Crippen molar-refractivity contribution in [3.05, 3.63) is 35.0 Å². The van der Waals surface area contributed by atoms with Crippen LogP contribution in [-0.4, -0.2) is 24.8 Å². The SMILES string of the molecule is CCOc1ccc(-c2noc(Cl)c2C(=O)OC)cc1. The Kier molecular flexibility index (Phi) is 4.06. The summed E-state index contributed by atoms with van der Waals surface area (Å²) < 4.78 is 14.8. The Morgan fingerprint density at radius 2 is 2.05 bits per heavy atom. The average Bonchev–Trinajstić information content (AvgIpc) is 2.81. The number of aromatic nitrogens is 1. The topological polar surface area (TPSA) is 61.6 Å². The van der Waals surface area contributed by atoms with Crippen LogP contribution in [0.2, 0.25) is 5.22 Å². The Labute approximate surface area is 115 Å². The quantitative estimate of drug-likeness (QED) is 0.806. The van der Waals surface area contributed by atoms with Crippen LogP contribution < -0.4 is 4.74 Å². The van der Waals surface area contributed by atoms with Gasteiger partial charge in [-0.2, -0.15) is 0 Å². The van der Waals surface area contributed by atoms with E-state index >= 15 is 0 Å². The number of nitrogens with zero attached hydrogens (tertiary/aromatic N) is 1. The summed E-state index contributed by atoms with van der Waals surface area (Å²) >= 11 is 5.79. The van der Waals surface area contributed by atoms with Crippen LogP contribution in [0.1, 0.15) is 17.3 Å².